The molecule has 1 N–H and O–H groups in total. The molecule has 0 aliphatic carbocycles. The van der Waals surface area contributed by atoms with Gasteiger partial charge in [-0.05, 0) is 28.8 Å². The Balaban J connectivity index is 2.49. The van der Waals surface area contributed by atoms with Crippen LogP contribution in [0.2, 0.25) is 5.02 Å². The second kappa shape index (κ2) is 5.56. The van der Waals surface area contributed by atoms with E-state index in [9.17, 15) is 5.11 Å². The average Bonchev–Trinajstić information content (AvgIpc) is 2.41. The van der Waals surface area contributed by atoms with E-state index in [2.05, 4.69) is 10.0 Å². The highest BCUT2D eigenvalue weighted by molar-refractivity contribution is 6.30. The van der Waals surface area contributed by atoms with Crippen molar-refractivity contribution < 1.29 is 5.11 Å². The van der Waals surface area contributed by atoms with Gasteiger partial charge in [-0.15, -0.1) is 0 Å². The van der Waals surface area contributed by atoms with Gasteiger partial charge in [-0.3, -0.25) is 0 Å². The van der Waals surface area contributed by atoms with E-state index in [0.717, 1.165) is 0 Å². The Labute approximate surface area is 109 Å². The van der Waals surface area contributed by atoms with Crippen LogP contribution in [0.1, 0.15) is 17.2 Å². The van der Waals surface area contributed by atoms with Crippen molar-refractivity contribution in [3.05, 3.63) is 75.1 Å². The van der Waals surface area contributed by atoms with Gasteiger partial charge in [-0.25, -0.2) is 0 Å². The SMILES string of the molecule is [N-]=[N+]=Nc1ccc(Cl)cc1C(O)c1ccccc1. The summed E-state index contributed by atoms with van der Waals surface area (Å²) in [5, 5.41) is 14.3. The van der Waals surface area contributed by atoms with Gasteiger partial charge >= 0.3 is 0 Å². The average molecular weight is 260 g/mol. The van der Waals surface area contributed by atoms with Crippen molar-refractivity contribution in [2.45, 2.75) is 6.10 Å². The minimum atomic E-state index is -0.870. The minimum Gasteiger partial charge on any atom is -0.384 e. The van der Waals surface area contributed by atoms with Crippen molar-refractivity contribution in [3.8, 4) is 0 Å². The normalized spacial score (nSPS) is 11.7. The van der Waals surface area contributed by atoms with E-state index in [1.165, 1.54) is 0 Å². The maximum absolute atomic E-state index is 10.3. The highest BCUT2D eigenvalue weighted by Gasteiger charge is 2.14. The minimum absolute atomic E-state index is 0.373. The summed E-state index contributed by atoms with van der Waals surface area (Å²) >= 11 is 5.90. The van der Waals surface area contributed by atoms with E-state index >= 15 is 0 Å². The predicted molar refractivity (Wildman–Crippen MR) is 70.8 cm³/mol. The van der Waals surface area contributed by atoms with Gasteiger partial charge in [0, 0.05) is 15.6 Å². The molecule has 0 radical (unpaired) electrons. The van der Waals surface area contributed by atoms with Gasteiger partial charge in [0.1, 0.15) is 6.10 Å². The lowest BCUT2D eigenvalue weighted by Crippen LogP contribution is -1.99. The monoisotopic (exact) mass is 259 g/mol. The molecule has 5 heteroatoms. The summed E-state index contributed by atoms with van der Waals surface area (Å²) in [6, 6.07) is 13.9. The van der Waals surface area contributed by atoms with Crippen molar-refractivity contribution in [2.75, 3.05) is 0 Å². The zero-order chi connectivity index (χ0) is 13.0. The molecular weight excluding hydrogens is 250 g/mol. The Bertz CT molecular complexity index is 594. The van der Waals surface area contributed by atoms with Crippen molar-refractivity contribution in [3.63, 3.8) is 0 Å². The first kappa shape index (κ1) is 12.5. The van der Waals surface area contributed by atoms with Crippen LogP contribution in [0.3, 0.4) is 0 Å². The third-order valence-corrected chi connectivity index (χ3v) is 2.79. The zero-order valence-corrected chi connectivity index (χ0v) is 10.1. The predicted octanol–water partition coefficient (Wildman–Crippen LogP) is 4.36. The van der Waals surface area contributed by atoms with Crippen molar-refractivity contribution in [2.24, 2.45) is 5.11 Å². The van der Waals surface area contributed by atoms with Crippen molar-refractivity contribution >= 4 is 17.3 Å². The first-order valence-electron chi connectivity index (χ1n) is 5.30. The highest BCUT2D eigenvalue weighted by atomic mass is 35.5. The number of hydrogen-bond donors (Lipinski definition) is 1. The molecule has 0 aliphatic rings. The van der Waals surface area contributed by atoms with Gasteiger partial charge in [0.05, 0.1) is 0 Å². The summed E-state index contributed by atoms with van der Waals surface area (Å²) in [5.41, 5.74) is 10.1. The van der Waals surface area contributed by atoms with Crippen LogP contribution in [0.15, 0.2) is 53.6 Å². The van der Waals surface area contributed by atoms with Crippen LogP contribution >= 0.6 is 11.6 Å². The lowest BCUT2D eigenvalue weighted by atomic mass is 10.0. The van der Waals surface area contributed by atoms with Gasteiger partial charge in [0.15, 0.2) is 0 Å². The van der Waals surface area contributed by atoms with Gasteiger partial charge in [0.2, 0.25) is 0 Å². The molecule has 4 nitrogen and oxygen atoms in total. The third kappa shape index (κ3) is 2.63. The summed E-state index contributed by atoms with van der Waals surface area (Å²) in [4.78, 5) is 2.74. The number of nitrogens with zero attached hydrogens (tertiary/aromatic N) is 3. The largest absolute Gasteiger partial charge is 0.384 e. The van der Waals surface area contributed by atoms with Crippen LogP contribution in [-0.2, 0) is 0 Å². The molecule has 2 rings (SSSR count). The van der Waals surface area contributed by atoms with E-state index in [4.69, 9.17) is 17.1 Å². The second-order valence-corrected chi connectivity index (χ2v) is 4.14. The molecule has 0 bridgehead atoms. The van der Waals surface area contributed by atoms with Crippen LogP contribution in [0.4, 0.5) is 5.69 Å². The maximum atomic E-state index is 10.3. The van der Waals surface area contributed by atoms with Gasteiger partial charge in [-0.2, -0.15) is 0 Å². The summed E-state index contributed by atoms with van der Waals surface area (Å²) in [6.07, 6.45) is -0.870. The van der Waals surface area contributed by atoms with Gasteiger partial charge in [0.25, 0.3) is 0 Å². The smallest absolute Gasteiger partial charge is 0.105 e. The molecule has 1 unspecified atom stereocenters. The van der Waals surface area contributed by atoms with E-state index in [1.54, 1.807) is 30.3 Å². The fraction of sp³-hybridized carbons (Fsp3) is 0.0769. The molecule has 0 fully saturated rings. The molecule has 2 aromatic carbocycles. The van der Waals surface area contributed by atoms with Gasteiger partial charge in [-0.1, -0.05) is 53.1 Å². The second-order valence-electron chi connectivity index (χ2n) is 3.71. The zero-order valence-electron chi connectivity index (χ0n) is 9.36. The number of rotatable bonds is 3. The Morgan fingerprint density at radius 1 is 1.17 bits per heavy atom. The number of aliphatic hydroxyl groups is 1. The molecule has 90 valence electrons. The fourth-order valence-electron chi connectivity index (χ4n) is 1.70. The Kier molecular flexibility index (Phi) is 3.85. The molecule has 0 amide bonds. The molecule has 0 aromatic heterocycles. The molecule has 0 saturated heterocycles. The Hall–Kier alpha value is -2.00. The molecule has 2 aromatic rings. The summed E-state index contributed by atoms with van der Waals surface area (Å²) in [5.74, 6) is 0. The van der Waals surface area contributed by atoms with E-state index in [1.807, 2.05) is 18.2 Å². The fourth-order valence-corrected chi connectivity index (χ4v) is 1.88. The van der Waals surface area contributed by atoms with E-state index in [0.29, 0.717) is 21.8 Å². The number of aliphatic hydroxyl groups excluding tert-OH is 1. The molecule has 0 spiro atoms. The first-order chi connectivity index (χ1) is 8.72. The van der Waals surface area contributed by atoms with Crippen LogP contribution in [0.5, 0.6) is 0 Å². The van der Waals surface area contributed by atoms with Crippen molar-refractivity contribution in [1.29, 1.82) is 0 Å². The standard InChI is InChI=1S/C13H10ClN3O/c14-10-6-7-12(16-17-15)11(8-10)13(18)9-4-2-1-3-5-9/h1-8,13,18H. The summed E-state index contributed by atoms with van der Waals surface area (Å²) in [7, 11) is 0. The number of hydrogen-bond acceptors (Lipinski definition) is 2. The number of azide groups is 1. The third-order valence-electron chi connectivity index (χ3n) is 2.55. The molecule has 18 heavy (non-hydrogen) atoms. The molecule has 0 aliphatic heterocycles. The molecule has 0 saturated carbocycles. The van der Waals surface area contributed by atoms with Gasteiger partial charge < -0.3 is 5.11 Å². The summed E-state index contributed by atoms with van der Waals surface area (Å²) in [6.45, 7) is 0. The molecular formula is C13H10ClN3O. The van der Waals surface area contributed by atoms with E-state index in [-0.39, 0.29) is 0 Å². The van der Waals surface area contributed by atoms with Crippen LogP contribution in [0, 0.1) is 0 Å². The Morgan fingerprint density at radius 3 is 2.56 bits per heavy atom. The van der Waals surface area contributed by atoms with E-state index < -0.39 is 6.10 Å². The number of halogens is 1. The summed E-state index contributed by atoms with van der Waals surface area (Å²) < 4.78 is 0. The van der Waals surface area contributed by atoms with Crippen LogP contribution in [0.25, 0.3) is 10.4 Å². The highest BCUT2D eigenvalue weighted by Crippen LogP contribution is 2.32. The lowest BCUT2D eigenvalue weighted by molar-refractivity contribution is 0.221. The molecule has 1 atom stereocenters. The molecule has 0 heterocycles. The first-order valence-corrected chi connectivity index (χ1v) is 5.67. The lowest BCUT2D eigenvalue weighted by Gasteiger charge is -2.14. The topological polar surface area (TPSA) is 69.0 Å². The van der Waals surface area contributed by atoms with Crippen LogP contribution in [-0.4, -0.2) is 5.11 Å². The quantitative estimate of drug-likeness (QED) is 0.496. The number of benzene rings is 2. The maximum Gasteiger partial charge on any atom is 0.105 e. The van der Waals surface area contributed by atoms with Crippen molar-refractivity contribution in [1.82, 2.24) is 0 Å². The van der Waals surface area contributed by atoms with Crippen LogP contribution < -0.4 is 0 Å². The Morgan fingerprint density at radius 2 is 1.89 bits per heavy atom.